The summed E-state index contributed by atoms with van der Waals surface area (Å²) < 4.78 is 38.5. The molecule has 0 bridgehead atoms. The van der Waals surface area contributed by atoms with E-state index in [2.05, 4.69) is 44.5 Å². The number of nitrogens with zero attached hydrogens (tertiary/aromatic N) is 5. The molecule has 4 rings (SSSR count). The van der Waals surface area contributed by atoms with Crippen LogP contribution in [0.1, 0.15) is 50.7 Å². The van der Waals surface area contributed by atoms with Gasteiger partial charge in [-0.3, -0.25) is 4.90 Å². The van der Waals surface area contributed by atoms with Gasteiger partial charge < -0.3 is 15.1 Å². The summed E-state index contributed by atoms with van der Waals surface area (Å²) in [5, 5.41) is 3.16. The van der Waals surface area contributed by atoms with Crippen LogP contribution in [0.2, 0.25) is 0 Å². The van der Waals surface area contributed by atoms with E-state index in [4.69, 9.17) is 0 Å². The van der Waals surface area contributed by atoms with Gasteiger partial charge in [0.05, 0.1) is 5.56 Å². The summed E-state index contributed by atoms with van der Waals surface area (Å²) in [5.41, 5.74) is 0.480. The molecule has 37 heavy (non-hydrogen) atoms. The fourth-order valence-corrected chi connectivity index (χ4v) is 5.51. The van der Waals surface area contributed by atoms with Crippen molar-refractivity contribution in [1.29, 1.82) is 0 Å². The van der Waals surface area contributed by atoms with E-state index in [9.17, 15) is 18.0 Å². The second-order valence-electron chi connectivity index (χ2n) is 10.4. The predicted molar refractivity (Wildman–Crippen MR) is 137 cm³/mol. The lowest BCUT2D eigenvalue weighted by Gasteiger charge is -2.44. The summed E-state index contributed by atoms with van der Waals surface area (Å²) in [5.74, 6) is 0.720. The Hall–Kier alpha value is -2.88. The first-order chi connectivity index (χ1) is 17.7. The number of alkyl halides is 3. The van der Waals surface area contributed by atoms with E-state index >= 15 is 0 Å². The fraction of sp³-hybridized carbons (Fsp3) is 0.593. The summed E-state index contributed by atoms with van der Waals surface area (Å²) >= 11 is 0. The lowest BCUT2D eigenvalue weighted by atomic mass is 9.95. The highest BCUT2D eigenvalue weighted by Crippen LogP contribution is 2.29. The van der Waals surface area contributed by atoms with E-state index in [1.54, 1.807) is 0 Å². The minimum Gasteiger partial charge on any atom is -0.338 e. The van der Waals surface area contributed by atoms with Crippen molar-refractivity contribution in [2.45, 2.75) is 64.3 Å². The van der Waals surface area contributed by atoms with Crippen molar-refractivity contribution < 1.29 is 18.0 Å². The molecule has 1 N–H and O–H groups in total. The van der Waals surface area contributed by atoms with Crippen LogP contribution >= 0.6 is 0 Å². The van der Waals surface area contributed by atoms with Crippen molar-refractivity contribution in [3.8, 4) is 0 Å². The molecule has 202 valence electrons. The Kier molecular flexibility index (Phi) is 8.89. The third kappa shape index (κ3) is 7.34. The molecule has 2 atom stereocenters. The summed E-state index contributed by atoms with van der Waals surface area (Å²) in [6.07, 6.45) is 1.58. The van der Waals surface area contributed by atoms with Gasteiger partial charge in [0, 0.05) is 50.7 Å². The number of hydrogen-bond donors (Lipinski definition) is 1. The lowest BCUT2D eigenvalue weighted by Crippen LogP contribution is -2.61. The van der Waals surface area contributed by atoms with Crippen LogP contribution in [-0.2, 0) is 12.7 Å². The van der Waals surface area contributed by atoms with Crippen LogP contribution in [-0.4, -0.2) is 70.6 Å². The van der Waals surface area contributed by atoms with E-state index in [1.807, 2.05) is 29.7 Å². The number of anilines is 1. The topological polar surface area (TPSA) is 64.6 Å². The van der Waals surface area contributed by atoms with Crippen LogP contribution in [0, 0.1) is 5.92 Å². The monoisotopic (exact) mass is 518 g/mol. The quantitative estimate of drug-likeness (QED) is 0.616. The molecular formula is C27H37F3N6O. The Morgan fingerprint density at radius 1 is 1.00 bits per heavy atom. The first-order valence-electron chi connectivity index (χ1n) is 13.2. The molecule has 0 spiro atoms. The standard InChI is InChI=1S/C27H37F3N6O/c1-20-17-35(25-31-15-24(16-32-25)27(28,29)30)18-21(2)36(20)26(37)33-14-22-10-6-12-34(13-7-11-22)19-23-8-4-3-5-9-23/h3-5,8-9,15-16,20-22H,6-7,10-14,17-19H2,1-2H3,(H,33,37)/t20-,21-/m1/s1. The number of nitrogens with one attached hydrogen (secondary N) is 1. The van der Waals surface area contributed by atoms with E-state index in [0.717, 1.165) is 57.7 Å². The number of carbonyl (C=O) groups excluding carboxylic acids is 1. The van der Waals surface area contributed by atoms with Crippen molar-refractivity contribution in [3.05, 3.63) is 53.9 Å². The number of halogens is 3. The molecule has 0 aliphatic carbocycles. The molecule has 2 amide bonds. The molecule has 2 aromatic rings. The zero-order chi connectivity index (χ0) is 26.4. The number of rotatable bonds is 5. The van der Waals surface area contributed by atoms with Crippen LogP contribution in [0.15, 0.2) is 42.7 Å². The summed E-state index contributed by atoms with van der Waals surface area (Å²) in [6, 6.07) is 10.2. The van der Waals surface area contributed by atoms with Crippen molar-refractivity contribution >= 4 is 12.0 Å². The van der Waals surface area contributed by atoms with Gasteiger partial charge in [-0.1, -0.05) is 30.3 Å². The van der Waals surface area contributed by atoms with Gasteiger partial charge in [0.2, 0.25) is 5.95 Å². The smallest absolute Gasteiger partial charge is 0.338 e. The maximum absolute atomic E-state index is 13.1. The van der Waals surface area contributed by atoms with Gasteiger partial charge in [-0.2, -0.15) is 13.2 Å². The number of aromatic nitrogens is 2. The highest BCUT2D eigenvalue weighted by Gasteiger charge is 2.35. The third-order valence-electron chi connectivity index (χ3n) is 7.37. The molecule has 1 aromatic heterocycles. The zero-order valence-electron chi connectivity index (χ0n) is 21.6. The van der Waals surface area contributed by atoms with Gasteiger partial charge in [0.1, 0.15) is 0 Å². The molecule has 0 radical (unpaired) electrons. The molecule has 0 unspecified atom stereocenters. The van der Waals surface area contributed by atoms with Crippen molar-refractivity contribution in [2.24, 2.45) is 5.92 Å². The lowest BCUT2D eigenvalue weighted by molar-refractivity contribution is -0.138. The zero-order valence-corrected chi connectivity index (χ0v) is 21.6. The molecule has 3 heterocycles. The molecule has 2 saturated heterocycles. The van der Waals surface area contributed by atoms with Crippen molar-refractivity contribution in [2.75, 3.05) is 37.6 Å². The largest absolute Gasteiger partial charge is 0.419 e. The highest BCUT2D eigenvalue weighted by atomic mass is 19.4. The van der Waals surface area contributed by atoms with Gasteiger partial charge in [-0.15, -0.1) is 0 Å². The van der Waals surface area contributed by atoms with Gasteiger partial charge >= 0.3 is 12.2 Å². The second kappa shape index (κ2) is 12.1. The van der Waals surface area contributed by atoms with E-state index in [-0.39, 0.29) is 24.1 Å². The van der Waals surface area contributed by atoms with E-state index in [1.165, 1.54) is 5.56 Å². The number of benzene rings is 1. The normalized spacial score (nSPS) is 22.4. The molecule has 7 nitrogen and oxygen atoms in total. The number of hydrogen-bond acceptors (Lipinski definition) is 5. The van der Waals surface area contributed by atoms with Gasteiger partial charge in [-0.25, -0.2) is 14.8 Å². The van der Waals surface area contributed by atoms with Gasteiger partial charge in [0.25, 0.3) is 0 Å². The van der Waals surface area contributed by atoms with Gasteiger partial charge in [0.15, 0.2) is 0 Å². The second-order valence-corrected chi connectivity index (χ2v) is 10.4. The maximum atomic E-state index is 13.1. The minimum absolute atomic E-state index is 0.0826. The molecular weight excluding hydrogens is 481 g/mol. The van der Waals surface area contributed by atoms with Crippen LogP contribution in [0.5, 0.6) is 0 Å². The van der Waals surface area contributed by atoms with Crippen molar-refractivity contribution in [3.63, 3.8) is 0 Å². The van der Waals surface area contributed by atoms with E-state index in [0.29, 0.717) is 25.6 Å². The SMILES string of the molecule is C[C@@H]1CN(c2ncc(C(F)(F)F)cn2)C[C@@H](C)N1C(=O)NCC1CCCN(Cc2ccccc2)CCC1. The Morgan fingerprint density at radius 3 is 2.16 bits per heavy atom. The van der Waals surface area contributed by atoms with Crippen LogP contribution in [0.4, 0.5) is 23.9 Å². The first kappa shape index (κ1) is 27.2. The Morgan fingerprint density at radius 2 is 1.59 bits per heavy atom. The average Bonchev–Trinajstić information content (AvgIpc) is 2.84. The Bertz CT molecular complexity index is 981. The van der Waals surface area contributed by atoms with E-state index < -0.39 is 11.7 Å². The average molecular weight is 519 g/mol. The summed E-state index contributed by atoms with van der Waals surface area (Å²) in [6.45, 7) is 8.62. The fourth-order valence-electron chi connectivity index (χ4n) is 5.51. The number of carbonyl (C=O) groups is 1. The molecule has 2 aliphatic rings. The number of urea groups is 1. The highest BCUT2D eigenvalue weighted by molar-refractivity contribution is 5.75. The molecule has 0 saturated carbocycles. The first-order valence-corrected chi connectivity index (χ1v) is 13.2. The summed E-state index contributed by atoms with van der Waals surface area (Å²) in [4.78, 5) is 27.1. The van der Waals surface area contributed by atoms with Crippen molar-refractivity contribution in [1.82, 2.24) is 25.1 Å². The van der Waals surface area contributed by atoms with Crippen LogP contribution in [0.25, 0.3) is 0 Å². The Balaban J connectivity index is 1.23. The molecule has 2 aliphatic heterocycles. The maximum Gasteiger partial charge on any atom is 0.419 e. The minimum atomic E-state index is -4.46. The van der Waals surface area contributed by atoms with Gasteiger partial charge in [-0.05, 0) is 64.1 Å². The van der Waals surface area contributed by atoms with Crippen LogP contribution in [0.3, 0.4) is 0 Å². The predicted octanol–water partition coefficient (Wildman–Crippen LogP) is 4.80. The number of likely N-dealkylation sites (tertiary alicyclic amines) is 1. The third-order valence-corrected chi connectivity index (χ3v) is 7.37. The summed E-state index contributed by atoms with van der Waals surface area (Å²) in [7, 11) is 0. The number of piperazine rings is 1. The number of amides is 2. The molecule has 2 fully saturated rings. The Labute approximate surface area is 217 Å². The van der Waals surface area contributed by atoms with Crippen LogP contribution < -0.4 is 10.2 Å². The molecule has 1 aromatic carbocycles. The molecule has 10 heteroatoms.